The minimum absolute atomic E-state index is 0.0250. The van der Waals surface area contributed by atoms with Gasteiger partial charge in [0.05, 0.1) is 12.6 Å². The molecule has 0 aromatic heterocycles. The number of benzene rings is 1. The second-order valence-corrected chi connectivity index (χ2v) is 5.02. The number of carbonyl (C=O) groups excluding carboxylic acids is 1. The number of carbonyl (C=O) groups is 1. The van der Waals surface area contributed by atoms with Gasteiger partial charge in [-0.1, -0.05) is 6.07 Å². The van der Waals surface area contributed by atoms with E-state index in [1.165, 1.54) is 11.1 Å². The Morgan fingerprint density at radius 2 is 2.42 bits per heavy atom. The van der Waals surface area contributed by atoms with E-state index in [1.807, 2.05) is 18.0 Å². The van der Waals surface area contributed by atoms with Crippen molar-refractivity contribution in [2.45, 2.75) is 12.5 Å². The van der Waals surface area contributed by atoms with Crippen LogP contribution in [0.15, 0.2) is 18.2 Å². The van der Waals surface area contributed by atoms with E-state index in [4.69, 9.17) is 4.74 Å². The first-order valence-electron chi connectivity index (χ1n) is 6.73. The largest absolute Gasteiger partial charge is 0.493 e. The number of amides is 2. The maximum Gasteiger partial charge on any atom is 0.318 e. The smallest absolute Gasteiger partial charge is 0.318 e. The summed E-state index contributed by atoms with van der Waals surface area (Å²) in [5.41, 5.74) is 2.42. The summed E-state index contributed by atoms with van der Waals surface area (Å²) in [6, 6.07) is 6.35. The fourth-order valence-electron chi connectivity index (χ4n) is 2.64. The van der Waals surface area contributed by atoms with Gasteiger partial charge in [0.2, 0.25) is 0 Å². The van der Waals surface area contributed by atoms with Crippen LogP contribution in [0.5, 0.6) is 5.75 Å². The lowest BCUT2D eigenvalue weighted by Gasteiger charge is -2.14. The van der Waals surface area contributed by atoms with E-state index in [2.05, 4.69) is 22.8 Å². The minimum atomic E-state index is 0.0250. The average molecular weight is 261 g/mol. The maximum absolute atomic E-state index is 11.9. The Morgan fingerprint density at radius 3 is 3.26 bits per heavy atom. The van der Waals surface area contributed by atoms with Crippen molar-refractivity contribution in [1.29, 1.82) is 0 Å². The molecule has 1 aromatic rings. The van der Waals surface area contributed by atoms with E-state index >= 15 is 0 Å². The SMILES string of the molecule is CNCCN1CC(c2ccc3c(c2)CCO3)NC1=O. The van der Waals surface area contributed by atoms with Gasteiger partial charge in [0.15, 0.2) is 0 Å². The number of urea groups is 1. The van der Waals surface area contributed by atoms with Crippen LogP contribution in [0.1, 0.15) is 17.2 Å². The highest BCUT2D eigenvalue weighted by molar-refractivity contribution is 5.77. The molecule has 5 nitrogen and oxygen atoms in total. The first-order chi connectivity index (χ1) is 9.28. The normalized spacial score (nSPS) is 21.2. The summed E-state index contributed by atoms with van der Waals surface area (Å²) in [6.07, 6.45) is 0.966. The molecule has 0 radical (unpaired) electrons. The molecular formula is C14H19N3O2. The fraction of sp³-hybridized carbons (Fsp3) is 0.500. The quantitative estimate of drug-likeness (QED) is 0.847. The highest BCUT2D eigenvalue weighted by atomic mass is 16.5. The number of hydrogen-bond donors (Lipinski definition) is 2. The molecule has 0 bridgehead atoms. The number of fused-ring (bicyclic) bond motifs is 1. The molecule has 0 aliphatic carbocycles. The summed E-state index contributed by atoms with van der Waals surface area (Å²) >= 11 is 0. The van der Waals surface area contributed by atoms with Gasteiger partial charge in [-0.05, 0) is 30.3 Å². The molecule has 3 rings (SSSR count). The van der Waals surface area contributed by atoms with E-state index in [-0.39, 0.29) is 12.1 Å². The van der Waals surface area contributed by atoms with E-state index in [0.717, 1.165) is 38.4 Å². The standard InChI is InChI=1S/C14H19N3O2/c1-15-5-6-17-9-12(16-14(17)18)10-2-3-13-11(8-10)4-7-19-13/h2-3,8,12,15H,4-7,9H2,1H3,(H,16,18). The molecule has 5 heteroatoms. The van der Waals surface area contributed by atoms with Crippen LogP contribution < -0.4 is 15.4 Å². The van der Waals surface area contributed by atoms with Crippen molar-refractivity contribution in [3.8, 4) is 5.75 Å². The predicted octanol–water partition coefficient (Wildman–Crippen LogP) is 0.907. The van der Waals surface area contributed by atoms with Crippen LogP contribution >= 0.6 is 0 Å². The Kier molecular flexibility index (Phi) is 3.29. The summed E-state index contributed by atoms with van der Waals surface area (Å²) in [5, 5.41) is 6.10. The van der Waals surface area contributed by atoms with Crippen LogP contribution in [0.25, 0.3) is 0 Å². The van der Waals surface area contributed by atoms with E-state index in [9.17, 15) is 4.79 Å². The van der Waals surface area contributed by atoms with Crippen molar-refractivity contribution in [2.24, 2.45) is 0 Å². The zero-order chi connectivity index (χ0) is 13.2. The highest BCUT2D eigenvalue weighted by Gasteiger charge is 2.29. The lowest BCUT2D eigenvalue weighted by atomic mass is 10.0. The van der Waals surface area contributed by atoms with Crippen LogP contribution in [0.3, 0.4) is 0 Å². The van der Waals surface area contributed by atoms with Gasteiger partial charge >= 0.3 is 6.03 Å². The van der Waals surface area contributed by atoms with Gasteiger partial charge in [-0.25, -0.2) is 4.79 Å². The number of hydrogen-bond acceptors (Lipinski definition) is 3. The molecule has 2 heterocycles. The summed E-state index contributed by atoms with van der Waals surface area (Å²) in [4.78, 5) is 13.7. The molecule has 2 aliphatic heterocycles. The van der Waals surface area contributed by atoms with Gasteiger partial charge in [0.25, 0.3) is 0 Å². The molecule has 2 amide bonds. The third kappa shape index (κ3) is 2.38. The molecule has 0 saturated carbocycles. The fourth-order valence-corrected chi connectivity index (χ4v) is 2.64. The number of ether oxygens (including phenoxy) is 1. The van der Waals surface area contributed by atoms with Gasteiger partial charge in [-0.3, -0.25) is 0 Å². The average Bonchev–Trinajstić information content (AvgIpc) is 3.02. The number of nitrogens with one attached hydrogen (secondary N) is 2. The van der Waals surface area contributed by atoms with E-state index in [1.54, 1.807) is 0 Å². The maximum atomic E-state index is 11.9. The molecular weight excluding hydrogens is 242 g/mol. The molecule has 19 heavy (non-hydrogen) atoms. The van der Waals surface area contributed by atoms with E-state index in [0.29, 0.717) is 0 Å². The summed E-state index contributed by atoms with van der Waals surface area (Å²) in [5.74, 6) is 0.986. The topological polar surface area (TPSA) is 53.6 Å². The highest BCUT2D eigenvalue weighted by Crippen LogP contribution is 2.29. The molecule has 1 saturated heterocycles. The van der Waals surface area contributed by atoms with Gasteiger partial charge in [0.1, 0.15) is 5.75 Å². The summed E-state index contributed by atoms with van der Waals surface area (Å²) < 4.78 is 5.51. The van der Waals surface area contributed by atoms with Crippen LogP contribution in [-0.4, -0.2) is 44.2 Å². The molecule has 1 fully saturated rings. The third-order valence-electron chi connectivity index (χ3n) is 3.74. The molecule has 0 spiro atoms. The van der Waals surface area contributed by atoms with Gasteiger partial charge < -0.3 is 20.3 Å². The van der Waals surface area contributed by atoms with Crippen molar-refractivity contribution in [1.82, 2.24) is 15.5 Å². The second-order valence-electron chi connectivity index (χ2n) is 5.02. The summed E-state index contributed by atoms with van der Waals surface area (Å²) in [6.45, 7) is 3.06. The molecule has 1 atom stereocenters. The Hall–Kier alpha value is -1.75. The van der Waals surface area contributed by atoms with Crippen molar-refractivity contribution >= 4 is 6.03 Å². The van der Waals surface area contributed by atoms with Crippen LogP contribution in [0.4, 0.5) is 4.79 Å². The van der Waals surface area contributed by atoms with Gasteiger partial charge in [0, 0.05) is 26.1 Å². The van der Waals surface area contributed by atoms with Crippen molar-refractivity contribution in [3.05, 3.63) is 29.3 Å². The molecule has 2 aliphatic rings. The molecule has 102 valence electrons. The minimum Gasteiger partial charge on any atom is -0.493 e. The first kappa shape index (κ1) is 12.3. The van der Waals surface area contributed by atoms with Crippen LogP contribution in [0, 0.1) is 0 Å². The number of nitrogens with zero attached hydrogens (tertiary/aromatic N) is 1. The Labute approximate surface area is 112 Å². The van der Waals surface area contributed by atoms with Crippen LogP contribution in [-0.2, 0) is 6.42 Å². The lowest BCUT2D eigenvalue weighted by molar-refractivity contribution is 0.218. The lowest BCUT2D eigenvalue weighted by Crippen LogP contribution is -2.33. The monoisotopic (exact) mass is 261 g/mol. The van der Waals surface area contributed by atoms with E-state index < -0.39 is 0 Å². The van der Waals surface area contributed by atoms with Crippen LogP contribution in [0.2, 0.25) is 0 Å². The number of likely N-dealkylation sites (N-methyl/N-ethyl adjacent to an activating group) is 1. The predicted molar refractivity (Wildman–Crippen MR) is 72.4 cm³/mol. The van der Waals surface area contributed by atoms with Gasteiger partial charge in [-0.15, -0.1) is 0 Å². The number of rotatable bonds is 4. The third-order valence-corrected chi connectivity index (χ3v) is 3.74. The zero-order valence-electron chi connectivity index (χ0n) is 11.1. The van der Waals surface area contributed by atoms with Gasteiger partial charge in [-0.2, -0.15) is 0 Å². The first-order valence-corrected chi connectivity index (χ1v) is 6.73. The Balaban J connectivity index is 1.71. The molecule has 1 aromatic carbocycles. The molecule has 1 unspecified atom stereocenters. The summed E-state index contributed by atoms with van der Waals surface area (Å²) in [7, 11) is 1.89. The van der Waals surface area contributed by atoms with Crippen molar-refractivity contribution < 1.29 is 9.53 Å². The Bertz CT molecular complexity index is 490. The zero-order valence-corrected chi connectivity index (χ0v) is 11.1. The van der Waals surface area contributed by atoms with Crippen molar-refractivity contribution in [2.75, 3.05) is 33.3 Å². The van der Waals surface area contributed by atoms with Crippen molar-refractivity contribution in [3.63, 3.8) is 0 Å². The molecule has 2 N–H and O–H groups in total. The Morgan fingerprint density at radius 1 is 1.53 bits per heavy atom. The second kappa shape index (κ2) is 5.09.